The Labute approximate surface area is 184 Å². The second-order valence-corrected chi connectivity index (χ2v) is 9.32. The minimum Gasteiger partial charge on any atom is -0.473 e. The summed E-state index contributed by atoms with van der Waals surface area (Å²) in [6.45, 7) is 3.39. The lowest BCUT2D eigenvalue weighted by Crippen LogP contribution is -2.15. The molecule has 0 aliphatic carbocycles. The maximum Gasteiger partial charge on any atom is 0.414 e. The number of thioether (sulfide) groups is 2. The van der Waals surface area contributed by atoms with E-state index in [1.165, 1.54) is 75.7 Å². The van der Waals surface area contributed by atoms with Crippen LogP contribution in [0.15, 0.2) is 18.7 Å². The van der Waals surface area contributed by atoms with Crippen LogP contribution < -0.4 is 0 Å². The molecule has 0 radical (unpaired) electrons. The van der Waals surface area contributed by atoms with Gasteiger partial charge in [-0.1, -0.05) is 64.7 Å². The molecule has 0 spiro atoms. The molecule has 8 heteroatoms. The van der Waals surface area contributed by atoms with Gasteiger partial charge in [0.2, 0.25) is 0 Å². The zero-order chi connectivity index (χ0) is 21.7. The number of aromatic nitrogens is 2. The van der Waals surface area contributed by atoms with Crippen molar-refractivity contribution in [1.29, 1.82) is 0 Å². The van der Waals surface area contributed by atoms with E-state index in [0.29, 0.717) is 0 Å². The Morgan fingerprint density at radius 3 is 1.97 bits per heavy atom. The summed E-state index contributed by atoms with van der Waals surface area (Å²) < 4.78 is 2.21. The molecule has 1 atom stereocenters. The zero-order valence-corrected chi connectivity index (χ0v) is 19.6. The molecular formula is C21H38N2O4S2. The minimum absolute atomic E-state index is 0.720. The molecule has 0 fully saturated rings. The number of unbranched alkanes of at least 4 members (excludes halogenated alkanes) is 9. The quantitative estimate of drug-likeness (QED) is 0.258. The van der Waals surface area contributed by atoms with Crippen molar-refractivity contribution in [2.75, 3.05) is 17.8 Å². The van der Waals surface area contributed by atoms with Crippen LogP contribution in [0.1, 0.15) is 71.1 Å². The smallest absolute Gasteiger partial charge is 0.414 e. The maximum atomic E-state index is 9.10. The zero-order valence-electron chi connectivity index (χ0n) is 17.9. The van der Waals surface area contributed by atoms with Gasteiger partial charge in [0.25, 0.3) is 0 Å². The number of aliphatic carboxylic acids is 2. The number of carboxylic acid groups (broad SMARTS) is 2. The summed E-state index contributed by atoms with van der Waals surface area (Å²) in [6.07, 6.45) is 22.4. The van der Waals surface area contributed by atoms with Gasteiger partial charge in [-0.25, -0.2) is 14.6 Å². The van der Waals surface area contributed by atoms with E-state index in [2.05, 4.69) is 40.7 Å². The van der Waals surface area contributed by atoms with E-state index in [9.17, 15) is 0 Å². The largest absolute Gasteiger partial charge is 0.473 e. The highest BCUT2D eigenvalue weighted by atomic mass is 32.2. The first-order valence-corrected chi connectivity index (χ1v) is 13.0. The first-order valence-electron chi connectivity index (χ1n) is 10.5. The Balaban J connectivity index is 0.00000113. The molecule has 0 aliphatic heterocycles. The standard InChI is InChI=1S/C19H36N2S2.C2H2O4/c1-3-4-5-6-7-8-9-10-11-12-15-23-19(17-22-2)16-21-14-13-20-18-21;3-1(4)2(5)6/h13-14,18-19H,3-12,15-17H2,1-2H3;(H,3,4)(H,5,6). The molecule has 2 N–H and O–H groups in total. The molecule has 0 saturated heterocycles. The molecule has 0 bridgehead atoms. The van der Waals surface area contributed by atoms with E-state index in [-0.39, 0.29) is 0 Å². The van der Waals surface area contributed by atoms with E-state index < -0.39 is 11.9 Å². The number of carbonyl (C=O) groups is 2. The van der Waals surface area contributed by atoms with E-state index in [1.54, 1.807) is 0 Å². The molecule has 0 aromatic carbocycles. The van der Waals surface area contributed by atoms with E-state index in [4.69, 9.17) is 19.8 Å². The lowest BCUT2D eigenvalue weighted by molar-refractivity contribution is -0.159. The molecule has 0 amide bonds. The van der Waals surface area contributed by atoms with Crippen LogP contribution in [0.25, 0.3) is 0 Å². The average molecular weight is 447 g/mol. The van der Waals surface area contributed by atoms with Gasteiger partial charge in [0.1, 0.15) is 0 Å². The molecule has 0 saturated carbocycles. The molecule has 1 rings (SSSR count). The average Bonchev–Trinajstić information content (AvgIpc) is 3.19. The molecule has 1 unspecified atom stereocenters. The monoisotopic (exact) mass is 446 g/mol. The van der Waals surface area contributed by atoms with Crippen molar-refractivity contribution >= 4 is 35.5 Å². The Hall–Kier alpha value is -1.15. The molecule has 1 aromatic rings. The van der Waals surface area contributed by atoms with Crippen LogP contribution in [0.5, 0.6) is 0 Å². The summed E-state index contributed by atoms with van der Waals surface area (Å²) in [6, 6.07) is 0. The minimum atomic E-state index is -1.82. The number of nitrogens with zero attached hydrogens (tertiary/aromatic N) is 2. The number of rotatable bonds is 16. The molecule has 1 heterocycles. The van der Waals surface area contributed by atoms with Gasteiger partial charge in [-0.05, 0) is 18.4 Å². The summed E-state index contributed by atoms with van der Waals surface area (Å²) in [4.78, 5) is 22.3. The van der Waals surface area contributed by atoms with Gasteiger partial charge in [0.05, 0.1) is 6.33 Å². The summed E-state index contributed by atoms with van der Waals surface area (Å²) >= 11 is 4.11. The molecule has 6 nitrogen and oxygen atoms in total. The lowest BCUT2D eigenvalue weighted by Gasteiger charge is -2.16. The van der Waals surface area contributed by atoms with Crippen LogP contribution in [0.4, 0.5) is 0 Å². The second-order valence-electron chi connectivity index (χ2n) is 7.00. The Morgan fingerprint density at radius 1 is 0.966 bits per heavy atom. The summed E-state index contributed by atoms with van der Waals surface area (Å²) in [7, 11) is 0. The fourth-order valence-electron chi connectivity index (χ4n) is 2.81. The fraction of sp³-hybridized carbons (Fsp3) is 0.762. The highest BCUT2D eigenvalue weighted by molar-refractivity contribution is 8.03. The predicted octanol–water partition coefficient (Wildman–Crippen LogP) is 5.42. The highest BCUT2D eigenvalue weighted by Crippen LogP contribution is 2.20. The summed E-state index contributed by atoms with van der Waals surface area (Å²) in [5.74, 6) is -1.10. The third-order valence-electron chi connectivity index (χ3n) is 4.36. The topological polar surface area (TPSA) is 92.4 Å². The third kappa shape index (κ3) is 18.6. The van der Waals surface area contributed by atoms with Crippen molar-refractivity contribution in [3.8, 4) is 0 Å². The van der Waals surface area contributed by atoms with Gasteiger partial charge in [-0.15, -0.1) is 0 Å². The van der Waals surface area contributed by atoms with Crippen LogP contribution in [0, 0.1) is 0 Å². The molecule has 1 aromatic heterocycles. The first kappa shape index (κ1) is 27.8. The van der Waals surface area contributed by atoms with Crippen molar-refractivity contribution in [2.24, 2.45) is 0 Å². The molecule has 29 heavy (non-hydrogen) atoms. The molecule has 168 valence electrons. The van der Waals surface area contributed by atoms with E-state index in [1.807, 2.05) is 24.3 Å². The second kappa shape index (κ2) is 20.1. The van der Waals surface area contributed by atoms with Gasteiger partial charge in [-0.3, -0.25) is 0 Å². The first-order chi connectivity index (χ1) is 14.0. The molecular weight excluding hydrogens is 408 g/mol. The normalized spacial score (nSPS) is 11.5. The fourth-order valence-corrected chi connectivity index (χ4v) is 5.06. The Bertz CT molecular complexity index is 501. The van der Waals surface area contributed by atoms with Gasteiger partial charge in [-0.2, -0.15) is 23.5 Å². The number of hydrogen-bond donors (Lipinski definition) is 2. The van der Waals surface area contributed by atoms with Crippen molar-refractivity contribution in [2.45, 2.75) is 82.9 Å². The van der Waals surface area contributed by atoms with Gasteiger partial charge < -0.3 is 14.8 Å². The summed E-state index contributed by atoms with van der Waals surface area (Å²) in [5.41, 5.74) is 0. The van der Waals surface area contributed by atoms with E-state index in [0.717, 1.165) is 11.8 Å². The van der Waals surface area contributed by atoms with Crippen molar-refractivity contribution in [3.63, 3.8) is 0 Å². The van der Waals surface area contributed by atoms with Crippen LogP contribution in [0.2, 0.25) is 0 Å². The van der Waals surface area contributed by atoms with Crippen LogP contribution in [-0.2, 0) is 16.1 Å². The number of carboxylic acids is 2. The van der Waals surface area contributed by atoms with Gasteiger partial charge >= 0.3 is 11.9 Å². The van der Waals surface area contributed by atoms with Crippen LogP contribution in [0.3, 0.4) is 0 Å². The maximum absolute atomic E-state index is 9.10. The van der Waals surface area contributed by atoms with Crippen molar-refractivity contribution in [3.05, 3.63) is 18.7 Å². The SMILES string of the molecule is CCCCCCCCCCCCSC(CSC)Cn1ccnc1.O=C(O)C(=O)O. The Morgan fingerprint density at radius 2 is 1.52 bits per heavy atom. The Kier molecular flexibility index (Phi) is 19.3. The van der Waals surface area contributed by atoms with Gasteiger partial charge in [0.15, 0.2) is 0 Å². The van der Waals surface area contributed by atoms with Crippen LogP contribution >= 0.6 is 23.5 Å². The predicted molar refractivity (Wildman–Crippen MR) is 124 cm³/mol. The van der Waals surface area contributed by atoms with Crippen LogP contribution in [-0.4, -0.2) is 54.7 Å². The van der Waals surface area contributed by atoms with Crippen molar-refractivity contribution < 1.29 is 19.8 Å². The lowest BCUT2D eigenvalue weighted by atomic mass is 10.1. The summed E-state index contributed by atoms with van der Waals surface area (Å²) in [5, 5.41) is 15.5. The van der Waals surface area contributed by atoms with E-state index >= 15 is 0 Å². The number of imidazole rings is 1. The highest BCUT2D eigenvalue weighted by Gasteiger charge is 2.09. The number of hydrogen-bond acceptors (Lipinski definition) is 5. The van der Waals surface area contributed by atoms with Crippen molar-refractivity contribution in [1.82, 2.24) is 9.55 Å². The molecule has 0 aliphatic rings. The third-order valence-corrected chi connectivity index (χ3v) is 6.62. The van der Waals surface area contributed by atoms with Gasteiger partial charge in [0, 0.05) is 29.9 Å².